The number of ether oxygens (including phenoxy) is 1. The van der Waals surface area contributed by atoms with E-state index in [1.807, 2.05) is 0 Å². The molecule has 0 aromatic carbocycles. The number of carboxylic acid groups (broad SMARTS) is 1. The topological polar surface area (TPSA) is 113 Å². The smallest absolute Gasteiger partial charge is 0.331 e. The van der Waals surface area contributed by atoms with Gasteiger partial charge in [-0.1, -0.05) is 44.9 Å². The van der Waals surface area contributed by atoms with Crippen LogP contribution in [0.5, 0.6) is 0 Å². The summed E-state index contributed by atoms with van der Waals surface area (Å²) in [5, 5.41) is 20.7. The van der Waals surface area contributed by atoms with Gasteiger partial charge in [-0.2, -0.15) is 0 Å². The molecule has 25 heavy (non-hydrogen) atoms. The SMILES string of the molecule is CCOC(=O)[C@H](CO)NC(=O)[C@H](CCCC1CCCCC1)CC(=O)O. The van der Waals surface area contributed by atoms with Crippen molar-refractivity contribution in [2.24, 2.45) is 11.8 Å². The summed E-state index contributed by atoms with van der Waals surface area (Å²) in [5.41, 5.74) is 0. The molecule has 0 aliphatic heterocycles. The Morgan fingerprint density at radius 3 is 2.44 bits per heavy atom. The van der Waals surface area contributed by atoms with Gasteiger partial charge in [-0.15, -0.1) is 0 Å². The maximum absolute atomic E-state index is 12.3. The first kappa shape index (κ1) is 21.4. The highest BCUT2D eigenvalue weighted by Gasteiger charge is 2.27. The van der Waals surface area contributed by atoms with Gasteiger partial charge in [-0.05, 0) is 19.3 Å². The number of amides is 1. The van der Waals surface area contributed by atoms with Gasteiger partial charge in [0.15, 0.2) is 6.04 Å². The average Bonchev–Trinajstić information content (AvgIpc) is 2.59. The van der Waals surface area contributed by atoms with Crippen LogP contribution in [0.2, 0.25) is 0 Å². The second kappa shape index (κ2) is 11.8. The zero-order valence-corrected chi connectivity index (χ0v) is 15.0. The van der Waals surface area contributed by atoms with Gasteiger partial charge in [-0.3, -0.25) is 9.59 Å². The molecule has 0 heterocycles. The summed E-state index contributed by atoms with van der Waals surface area (Å²) in [6, 6.07) is -1.15. The molecule has 1 amide bonds. The van der Waals surface area contributed by atoms with Crippen molar-refractivity contribution in [3.05, 3.63) is 0 Å². The predicted octanol–water partition coefficient (Wildman–Crippen LogP) is 1.87. The fraction of sp³-hybridized carbons (Fsp3) is 0.833. The molecule has 2 atom stereocenters. The van der Waals surface area contributed by atoms with Crippen LogP contribution in [0, 0.1) is 11.8 Å². The van der Waals surface area contributed by atoms with Crippen molar-refractivity contribution in [3.63, 3.8) is 0 Å². The van der Waals surface area contributed by atoms with E-state index in [1.54, 1.807) is 6.92 Å². The third-order valence-electron chi connectivity index (χ3n) is 4.75. The van der Waals surface area contributed by atoms with Crippen molar-refractivity contribution < 1.29 is 29.3 Å². The number of aliphatic hydroxyl groups is 1. The fourth-order valence-electron chi connectivity index (χ4n) is 3.38. The van der Waals surface area contributed by atoms with Crippen molar-refractivity contribution in [2.75, 3.05) is 13.2 Å². The van der Waals surface area contributed by atoms with Gasteiger partial charge in [-0.25, -0.2) is 4.79 Å². The van der Waals surface area contributed by atoms with Crippen LogP contribution in [0.4, 0.5) is 0 Å². The Morgan fingerprint density at radius 2 is 1.88 bits per heavy atom. The van der Waals surface area contributed by atoms with Gasteiger partial charge in [0.2, 0.25) is 5.91 Å². The second-order valence-corrected chi connectivity index (χ2v) is 6.73. The van der Waals surface area contributed by atoms with Crippen LogP contribution in [0.1, 0.15) is 64.7 Å². The first-order valence-corrected chi connectivity index (χ1v) is 9.27. The molecule has 1 aliphatic carbocycles. The first-order chi connectivity index (χ1) is 12.0. The molecule has 0 aromatic rings. The molecule has 0 saturated heterocycles. The Kier molecular flexibility index (Phi) is 10.1. The van der Waals surface area contributed by atoms with Crippen molar-refractivity contribution >= 4 is 17.8 Å². The molecule has 1 fully saturated rings. The molecular formula is C18H31NO6. The van der Waals surface area contributed by atoms with Gasteiger partial charge < -0.3 is 20.3 Å². The lowest BCUT2D eigenvalue weighted by molar-refractivity contribution is -0.149. The molecule has 0 unspecified atom stereocenters. The average molecular weight is 357 g/mol. The highest BCUT2D eigenvalue weighted by atomic mass is 16.5. The quantitative estimate of drug-likeness (QED) is 0.487. The van der Waals surface area contributed by atoms with E-state index in [2.05, 4.69) is 5.32 Å². The molecule has 0 spiro atoms. The molecule has 0 aromatic heterocycles. The Bertz CT molecular complexity index is 433. The molecule has 0 bridgehead atoms. The molecule has 1 aliphatic rings. The summed E-state index contributed by atoms with van der Waals surface area (Å²) >= 11 is 0. The molecule has 1 saturated carbocycles. The Labute approximate surface area is 149 Å². The van der Waals surface area contributed by atoms with Crippen LogP contribution in [-0.2, 0) is 19.1 Å². The van der Waals surface area contributed by atoms with Crippen LogP contribution in [-0.4, -0.2) is 47.3 Å². The number of hydrogen-bond acceptors (Lipinski definition) is 5. The van der Waals surface area contributed by atoms with E-state index in [4.69, 9.17) is 9.84 Å². The van der Waals surface area contributed by atoms with Crippen LogP contribution in [0.15, 0.2) is 0 Å². The number of carboxylic acids is 1. The fourth-order valence-corrected chi connectivity index (χ4v) is 3.38. The summed E-state index contributed by atoms with van der Waals surface area (Å²) in [5.74, 6) is -2.31. The van der Waals surface area contributed by atoms with Crippen molar-refractivity contribution in [2.45, 2.75) is 70.8 Å². The number of nitrogens with one attached hydrogen (secondary N) is 1. The predicted molar refractivity (Wildman–Crippen MR) is 91.8 cm³/mol. The lowest BCUT2D eigenvalue weighted by Gasteiger charge is -2.23. The minimum absolute atomic E-state index is 0.144. The third kappa shape index (κ3) is 8.34. The number of hydrogen-bond donors (Lipinski definition) is 3. The maximum atomic E-state index is 12.3. The van der Waals surface area contributed by atoms with Gasteiger partial charge >= 0.3 is 11.9 Å². The zero-order chi connectivity index (χ0) is 18.7. The molecule has 7 heteroatoms. The lowest BCUT2D eigenvalue weighted by atomic mass is 9.84. The summed E-state index contributed by atoms with van der Waals surface area (Å²) in [4.78, 5) is 35.1. The Morgan fingerprint density at radius 1 is 1.20 bits per heavy atom. The second-order valence-electron chi connectivity index (χ2n) is 6.73. The highest BCUT2D eigenvalue weighted by molar-refractivity contribution is 5.87. The normalized spacial score (nSPS) is 17.5. The minimum atomic E-state index is -1.15. The minimum Gasteiger partial charge on any atom is -0.481 e. The molecule has 1 rings (SSSR count). The number of carbonyl (C=O) groups excluding carboxylic acids is 2. The molecule has 3 N–H and O–H groups in total. The van der Waals surface area contributed by atoms with Crippen molar-refractivity contribution in [1.82, 2.24) is 5.32 Å². The van der Waals surface area contributed by atoms with E-state index in [-0.39, 0.29) is 13.0 Å². The van der Waals surface area contributed by atoms with Crippen LogP contribution in [0.3, 0.4) is 0 Å². The number of aliphatic carboxylic acids is 1. The molecular weight excluding hydrogens is 326 g/mol. The summed E-state index contributed by atoms with van der Waals surface area (Å²) in [7, 11) is 0. The van der Waals surface area contributed by atoms with E-state index in [1.165, 1.54) is 32.1 Å². The van der Waals surface area contributed by atoms with Crippen LogP contribution >= 0.6 is 0 Å². The van der Waals surface area contributed by atoms with E-state index in [0.717, 1.165) is 12.8 Å². The van der Waals surface area contributed by atoms with E-state index >= 15 is 0 Å². The standard InChI is InChI=1S/C18H31NO6/c1-2-25-18(24)15(12-20)19-17(23)14(11-16(21)22)10-6-9-13-7-4-3-5-8-13/h13-15,20H,2-12H2,1H3,(H,19,23)(H,21,22)/t14-,15+/m1/s1. The number of esters is 1. The number of aliphatic hydroxyl groups excluding tert-OH is 1. The number of carbonyl (C=O) groups is 3. The van der Waals surface area contributed by atoms with Gasteiger partial charge in [0.05, 0.1) is 19.6 Å². The van der Waals surface area contributed by atoms with Crippen molar-refractivity contribution in [3.8, 4) is 0 Å². The summed E-state index contributed by atoms with van der Waals surface area (Å²) in [6.07, 6.45) is 8.20. The van der Waals surface area contributed by atoms with Crippen molar-refractivity contribution in [1.29, 1.82) is 0 Å². The van der Waals surface area contributed by atoms with Gasteiger partial charge in [0, 0.05) is 5.92 Å². The molecule has 144 valence electrons. The molecule has 7 nitrogen and oxygen atoms in total. The number of rotatable bonds is 11. The van der Waals surface area contributed by atoms with E-state index in [9.17, 15) is 19.5 Å². The van der Waals surface area contributed by atoms with Gasteiger partial charge in [0.1, 0.15) is 0 Å². The summed E-state index contributed by atoms with van der Waals surface area (Å²) in [6.45, 7) is 1.20. The zero-order valence-electron chi connectivity index (χ0n) is 15.0. The summed E-state index contributed by atoms with van der Waals surface area (Å²) < 4.78 is 4.79. The third-order valence-corrected chi connectivity index (χ3v) is 4.75. The maximum Gasteiger partial charge on any atom is 0.331 e. The Balaban J connectivity index is 2.52. The van der Waals surface area contributed by atoms with Gasteiger partial charge in [0.25, 0.3) is 0 Å². The Hall–Kier alpha value is -1.63. The first-order valence-electron chi connectivity index (χ1n) is 9.27. The van der Waals surface area contributed by atoms with Crippen LogP contribution in [0.25, 0.3) is 0 Å². The largest absolute Gasteiger partial charge is 0.481 e. The highest BCUT2D eigenvalue weighted by Crippen LogP contribution is 2.28. The van der Waals surface area contributed by atoms with E-state index in [0.29, 0.717) is 12.3 Å². The van der Waals surface area contributed by atoms with E-state index < -0.39 is 36.4 Å². The monoisotopic (exact) mass is 357 g/mol. The van der Waals surface area contributed by atoms with Crippen LogP contribution < -0.4 is 5.32 Å². The lowest BCUT2D eigenvalue weighted by Crippen LogP contribution is -2.47. The molecule has 0 radical (unpaired) electrons.